The van der Waals surface area contributed by atoms with Gasteiger partial charge in [0.05, 0.1) is 6.67 Å². The molecule has 25 heavy (non-hydrogen) atoms. The quantitative estimate of drug-likeness (QED) is 0.830. The van der Waals surface area contributed by atoms with E-state index in [0.29, 0.717) is 17.0 Å². The third-order valence-corrected chi connectivity index (χ3v) is 5.73. The van der Waals surface area contributed by atoms with Crippen LogP contribution in [-0.2, 0) is 11.3 Å². The van der Waals surface area contributed by atoms with Gasteiger partial charge in [0, 0.05) is 17.1 Å². The van der Waals surface area contributed by atoms with Crippen molar-refractivity contribution in [1.29, 1.82) is 0 Å². The van der Waals surface area contributed by atoms with E-state index < -0.39 is 11.4 Å². The Morgan fingerprint density at radius 1 is 1.40 bits per heavy atom. The van der Waals surface area contributed by atoms with Gasteiger partial charge in [-0.15, -0.1) is 0 Å². The van der Waals surface area contributed by atoms with Crippen molar-refractivity contribution < 1.29 is 14.0 Å². The zero-order valence-electron chi connectivity index (χ0n) is 14.5. The van der Waals surface area contributed by atoms with Gasteiger partial charge in [-0.25, -0.2) is 14.1 Å². The van der Waals surface area contributed by atoms with Crippen LogP contribution in [0.4, 0.5) is 9.18 Å². The molecule has 1 aliphatic heterocycles. The van der Waals surface area contributed by atoms with E-state index in [-0.39, 0.29) is 31.1 Å². The Morgan fingerprint density at radius 2 is 2.16 bits per heavy atom. The van der Waals surface area contributed by atoms with Crippen LogP contribution in [0, 0.1) is 11.7 Å². The topological polar surface area (TPSA) is 52.7 Å². The molecule has 5 nitrogen and oxygen atoms in total. The van der Waals surface area contributed by atoms with E-state index in [1.807, 2.05) is 6.92 Å². The molecule has 1 aromatic carbocycles. The number of carbonyl (C=O) groups excluding carboxylic acids is 2. The maximum atomic E-state index is 13.9. The molecule has 7 heteroatoms. The maximum absolute atomic E-state index is 13.9. The van der Waals surface area contributed by atoms with Crippen molar-refractivity contribution in [2.45, 2.75) is 44.7 Å². The SMILES string of the molecule is C[C@@H]1CCCC[C@]12NC(=O)N(CN(C)Cc1c(F)cccc1Cl)C2=O. The normalized spacial score (nSPS) is 26.6. The van der Waals surface area contributed by atoms with Crippen LogP contribution in [0.1, 0.15) is 38.2 Å². The monoisotopic (exact) mass is 367 g/mol. The third kappa shape index (κ3) is 3.25. The molecule has 1 spiro atoms. The van der Waals surface area contributed by atoms with Gasteiger partial charge in [0.2, 0.25) is 0 Å². The van der Waals surface area contributed by atoms with Crippen LogP contribution >= 0.6 is 11.6 Å². The Balaban J connectivity index is 1.72. The number of hydrogen-bond acceptors (Lipinski definition) is 3. The van der Waals surface area contributed by atoms with E-state index in [1.54, 1.807) is 24.1 Å². The summed E-state index contributed by atoms with van der Waals surface area (Å²) in [4.78, 5) is 28.3. The highest BCUT2D eigenvalue weighted by Gasteiger charge is 2.54. The third-order valence-electron chi connectivity index (χ3n) is 5.37. The zero-order chi connectivity index (χ0) is 18.2. The van der Waals surface area contributed by atoms with Gasteiger partial charge in [0.15, 0.2) is 0 Å². The minimum atomic E-state index is -0.772. The molecule has 3 rings (SSSR count). The van der Waals surface area contributed by atoms with Crippen molar-refractivity contribution in [2.75, 3.05) is 13.7 Å². The molecule has 0 aromatic heterocycles. The first kappa shape index (κ1) is 18.1. The number of carbonyl (C=O) groups is 2. The van der Waals surface area contributed by atoms with E-state index in [0.717, 1.165) is 19.3 Å². The van der Waals surface area contributed by atoms with Gasteiger partial charge in [-0.3, -0.25) is 9.69 Å². The Labute approximate surface area is 152 Å². The number of hydrogen-bond donors (Lipinski definition) is 1. The summed E-state index contributed by atoms with van der Waals surface area (Å²) >= 11 is 6.06. The van der Waals surface area contributed by atoms with Crippen LogP contribution < -0.4 is 5.32 Å². The highest BCUT2D eigenvalue weighted by atomic mass is 35.5. The molecule has 1 N–H and O–H groups in total. The molecular weight excluding hydrogens is 345 g/mol. The molecule has 0 radical (unpaired) electrons. The smallest absolute Gasteiger partial charge is 0.323 e. The van der Waals surface area contributed by atoms with Crippen molar-refractivity contribution in [3.63, 3.8) is 0 Å². The van der Waals surface area contributed by atoms with E-state index in [9.17, 15) is 14.0 Å². The summed E-state index contributed by atoms with van der Waals surface area (Å²) in [6.45, 7) is 2.33. The standard InChI is InChI=1S/C18H23ClFN3O2/c1-12-6-3-4-9-18(12)16(24)23(17(25)21-18)11-22(2)10-13-14(19)7-5-8-15(13)20/h5,7-8,12H,3-4,6,9-11H2,1-2H3,(H,21,25)/t12-,18+/m1/s1. The van der Waals surface area contributed by atoms with Gasteiger partial charge in [-0.1, -0.05) is 37.4 Å². The highest BCUT2D eigenvalue weighted by molar-refractivity contribution is 6.31. The Kier molecular flexibility index (Phi) is 5.02. The van der Waals surface area contributed by atoms with E-state index in [2.05, 4.69) is 5.32 Å². The molecule has 1 aromatic rings. The molecule has 2 aliphatic rings. The summed E-state index contributed by atoms with van der Waals surface area (Å²) in [6.07, 6.45) is 3.63. The predicted molar refractivity (Wildman–Crippen MR) is 93.5 cm³/mol. The molecule has 2 atom stereocenters. The van der Waals surface area contributed by atoms with Crippen LogP contribution in [0.15, 0.2) is 18.2 Å². The highest BCUT2D eigenvalue weighted by Crippen LogP contribution is 2.38. The fraction of sp³-hybridized carbons (Fsp3) is 0.556. The Hall–Kier alpha value is -1.66. The molecule has 0 bridgehead atoms. The van der Waals surface area contributed by atoms with Gasteiger partial charge < -0.3 is 5.32 Å². The van der Waals surface area contributed by atoms with Crippen LogP contribution in [0.5, 0.6) is 0 Å². The second-order valence-electron chi connectivity index (χ2n) is 7.14. The molecule has 1 saturated heterocycles. The fourth-order valence-corrected chi connectivity index (χ4v) is 4.09. The predicted octanol–water partition coefficient (Wildman–Crippen LogP) is 3.37. The summed E-state index contributed by atoms with van der Waals surface area (Å²) in [7, 11) is 1.73. The number of imide groups is 1. The number of nitrogens with zero attached hydrogens (tertiary/aromatic N) is 2. The van der Waals surface area contributed by atoms with Crippen molar-refractivity contribution in [2.24, 2.45) is 5.92 Å². The average molecular weight is 368 g/mol. The average Bonchev–Trinajstić information content (AvgIpc) is 2.79. The molecule has 2 fully saturated rings. The maximum Gasteiger partial charge on any atom is 0.326 e. The van der Waals surface area contributed by atoms with Crippen LogP contribution in [-0.4, -0.2) is 41.0 Å². The minimum Gasteiger partial charge on any atom is -0.323 e. The second kappa shape index (κ2) is 6.92. The van der Waals surface area contributed by atoms with Crippen molar-refractivity contribution >= 4 is 23.5 Å². The summed E-state index contributed by atoms with van der Waals surface area (Å²) < 4.78 is 13.9. The first-order chi connectivity index (χ1) is 11.8. The first-order valence-corrected chi connectivity index (χ1v) is 8.98. The molecule has 3 amide bonds. The van der Waals surface area contributed by atoms with Gasteiger partial charge in [-0.2, -0.15) is 0 Å². The number of benzene rings is 1. The Morgan fingerprint density at radius 3 is 2.84 bits per heavy atom. The summed E-state index contributed by atoms with van der Waals surface area (Å²) in [5, 5.41) is 3.26. The molecule has 1 aliphatic carbocycles. The molecular formula is C18H23ClFN3O2. The fourth-order valence-electron chi connectivity index (χ4n) is 3.87. The summed E-state index contributed by atoms with van der Waals surface area (Å²) in [6, 6.07) is 4.15. The zero-order valence-corrected chi connectivity index (χ0v) is 15.3. The lowest BCUT2D eigenvalue weighted by molar-refractivity contribution is -0.135. The van der Waals surface area contributed by atoms with E-state index >= 15 is 0 Å². The van der Waals surface area contributed by atoms with Crippen molar-refractivity contribution in [3.8, 4) is 0 Å². The number of urea groups is 1. The first-order valence-electron chi connectivity index (χ1n) is 8.60. The van der Waals surface area contributed by atoms with Crippen LogP contribution in [0.25, 0.3) is 0 Å². The number of halogens is 2. The van der Waals surface area contributed by atoms with Gasteiger partial charge in [-0.05, 0) is 37.9 Å². The van der Waals surface area contributed by atoms with Crippen LogP contribution in [0.2, 0.25) is 5.02 Å². The lowest BCUT2D eigenvalue weighted by Crippen LogP contribution is -2.54. The molecule has 1 saturated carbocycles. The summed E-state index contributed by atoms with van der Waals surface area (Å²) in [5.74, 6) is -0.445. The van der Waals surface area contributed by atoms with Crippen molar-refractivity contribution in [1.82, 2.24) is 15.1 Å². The van der Waals surface area contributed by atoms with E-state index in [1.165, 1.54) is 11.0 Å². The lowest BCUT2D eigenvalue weighted by Gasteiger charge is -2.37. The molecule has 136 valence electrons. The lowest BCUT2D eigenvalue weighted by atomic mass is 9.73. The van der Waals surface area contributed by atoms with Crippen molar-refractivity contribution in [3.05, 3.63) is 34.6 Å². The number of rotatable bonds is 4. The second-order valence-corrected chi connectivity index (χ2v) is 7.54. The minimum absolute atomic E-state index is 0.101. The van der Waals surface area contributed by atoms with E-state index in [4.69, 9.17) is 11.6 Å². The van der Waals surface area contributed by atoms with Crippen LogP contribution in [0.3, 0.4) is 0 Å². The number of nitrogens with one attached hydrogen (secondary N) is 1. The Bertz CT molecular complexity index is 679. The number of amides is 3. The summed E-state index contributed by atoms with van der Waals surface area (Å²) in [5.41, 5.74) is -0.411. The van der Waals surface area contributed by atoms with Gasteiger partial charge in [0.1, 0.15) is 11.4 Å². The van der Waals surface area contributed by atoms with Gasteiger partial charge in [0.25, 0.3) is 5.91 Å². The molecule has 1 heterocycles. The molecule has 0 unspecified atom stereocenters. The largest absolute Gasteiger partial charge is 0.326 e. The van der Waals surface area contributed by atoms with Gasteiger partial charge >= 0.3 is 6.03 Å².